The van der Waals surface area contributed by atoms with Crippen LogP contribution in [0.25, 0.3) is 11.0 Å². The summed E-state index contributed by atoms with van der Waals surface area (Å²) in [6.07, 6.45) is 2.52. The van der Waals surface area contributed by atoms with E-state index in [0.29, 0.717) is 19.6 Å². The van der Waals surface area contributed by atoms with Gasteiger partial charge in [-0.1, -0.05) is 30.3 Å². The van der Waals surface area contributed by atoms with Crippen molar-refractivity contribution >= 4 is 22.9 Å². The van der Waals surface area contributed by atoms with Crippen LogP contribution in [0.1, 0.15) is 30.7 Å². The van der Waals surface area contributed by atoms with Crippen molar-refractivity contribution in [2.45, 2.75) is 33.4 Å². The lowest BCUT2D eigenvalue weighted by atomic mass is 9.95. The first-order valence-electron chi connectivity index (χ1n) is 12.7. The van der Waals surface area contributed by atoms with Gasteiger partial charge in [-0.15, -0.1) is 0 Å². The Balaban J connectivity index is 1.33. The number of hydrogen-bond donors (Lipinski definition) is 1. The Kier molecular flexibility index (Phi) is 7.15. The molecule has 0 bridgehead atoms. The predicted molar refractivity (Wildman–Crippen MR) is 143 cm³/mol. The van der Waals surface area contributed by atoms with E-state index in [2.05, 4.69) is 15.6 Å². The number of para-hydroxylation sites is 1. The van der Waals surface area contributed by atoms with Crippen molar-refractivity contribution in [2.75, 3.05) is 19.8 Å². The minimum absolute atomic E-state index is 0.0265. The largest absolute Gasteiger partial charge is 0.481 e. The van der Waals surface area contributed by atoms with Gasteiger partial charge in [-0.3, -0.25) is 9.59 Å². The van der Waals surface area contributed by atoms with Gasteiger partial charge in [0.2, 0.25) is 5.91 Å². The first kappa shape index (κ1) is 25.5. The number of fused-ring (bicyclic) bond motifs is 3. The van der Waals surface area contributed by atoms with Gasteiger partial charge < -0.3 is 24.0 Å². The molecule has 3 heterocycles. The van der Waals surface area contributed by atoms with E-state index in [0.717, 1.165) is 40.2 Å². The third-order valence-corrected chi connectivity index (χ3v) is 6.88. The summed E-state index contributed by atoms with van der Waals surface area (Å²) in [6, 6.07) is 21.7. The van der Waals surface area contributed by atoms with E-state index in [1.54, 1.807) is 24.9 Å². The zero-order valence-corrected chi connectivity index (χ0v) is 21.6. The highest BCUT2D eigenvalue weighted by Crippen LogP contribution is 2.31. The third-order valence-electron chi connectivity index (χ3n) is 6.88. The van der Waals surface area contributed by atoms with Crippen LogP contribution < -0.4 is 4.74 Å². The Morgan fingerprint density at radius 1 is 1.00 bits per heavy atom. The van der Waals surface area contributed by atoms with E-state index < -0.39 is 11.4 Å². The second-order valence-corrected chi connectivity index (χ2v) is 10.2. The molecule has 0 radical (unpaired) electrons. The van der Waals surface area contributed by atoms with Crippen molar-refractivity contribution < 1.29 is 24.2 Å². The van der Waals surface area contributed by atoms with Gasteiger partial charge in [0, 0.05) is 30.4 Å². The van der Waals surface area contributed by atoms with Crippen LogP contribution in [0, 0.1) is 5.41 Å². The number of hydrogen-bond acceptors (Lipinski definition) is 5. The maximum Gasteiger partial charge on any atom is 0.311 e. The molecule has 0 atom stereocenters. The second kappa shape index (κ2) is 10.7. The summed E-state index contributed by atoms with van der Waals surface area (Å²) in [4.78, 5) is 30.7. The topological polar surface area (TPSA) is 93.9 Å². The van der Waals surface area contributed by atoms with Crippen molar-refractivity contribution in [2.24, 2.45) is 5.41 Å². The molecule has 2 aromatic heterocycles. The third kappa shape index (κ3) is 5.40. The number of aliphatic carboxylic acids is 1. The molecule has 1 amide bonds. The van der Waals surface area contributed by atoms with Crippen molar-refractivity contribution in [3.63, 3.8) is 0 Å². The van der Waals surface area contributed by atoms with E-state index in [1.807, 2.05) is 60.7 Å². The highest BCUT2D eigenvalue weighted by molar-refractivity contribution is 5.84. The molecule has 1 aliphatic heterocycles. The first-order valence-corrected chi connectivity index (χ1v) is 12.7. The Morgan fingerprint density at radius 2 is 1.74 bits per heavy atom. The summed E-state index contributed by atoms with van der Waals surface area (Å²) >= 11 is 0. The fraction of sp³-hybridized carbons (Fsp3) is 0.300. The fourth-order valence-electron chi connectivity index (χ4n) is 4.66. The molecule has 2 aromatic carbocycles. The zero-order valence-electron chi connectivity index (χ0n) is 21.6. The average molecular weight is 514 g/mol. The maximum absolute atomic E-state index is 13.0. The van der Waals surface area contributed by atoms with E-state index in [9.17, 15) is 14.7 Å². The van der Waals surface area contributed by atoms with Gasteiger partial charge in [-0.2, -0.15) is 0 Å². The fourth-order valence-corrected chi connectivity index (χ4v) is 4.66. The summed E-state index contributed by atoms with van der Waals surface area (Å²) in [7, 11) is 0. The number of pyridine rings is 1. The molecule has 196 valence electrons. The summed E-state index contributed by atoms with van der Waals surface area (Å²) in [5.41, 5.74) is 3.23. The molecule has 0 unspecified atom stereocenters. The number of carbonyl (C=O) groups is 2. The molecule has 5 rings (SSSR count). The molecule has 4 aromatic rings. The molecule has 0 spiro atoms. The molecular formula is C30H31N3O5. The Labute approximate surface area is 221 Å². The zero-order chi connectivity index (χ0) is 26.7. The lowest BCUT2D eigenvalue weighted by Crippen LogP contribution is -2.40. The summed E-state index contributed by atoms with van der Waals surface area (Å²) in [5.74, 6) is 0.448. The molecule has 1 N–H and O–H groups in total. The van der Waals surface area contributed by atoms with Crippen molar-refractivity contribution in [3.05, 3.63) is 89.7 Å². The molecule has 0 fully saturated rings. The van der Waals surface area contributed by atoms with Gasteiger partial charge in [0.1, 0.15) is 23.8 Å². The van der Waals surface area contributed by atoms with E-state index in [4.69, 9.17) is 9.47 Å². The van der Waals surface area contributed by atoms with Gasteiger partial charge in [-0.25, -0.2) is 4.98 Å². The quantitative estimate of drug-likeness (QED) is 0.343. The van der Waals surface area contributed by atoms with Crippen LogP contribution in [0.2, 0.25) is 0 Å². The van der Waals surface area contributed by atoms with Gasteiger partial charge in [0.15, 0.2) is 0 Å². The number of carboxylic acids is 1. The van der Waals surface area contributed by atoms with Crippen LogP contribution in [-0.4, -0.2) is 51.2 Å². The summed E-state index contributed by atoms with van der Waals surface area (Å²) < 4.78 is 13.6. The van der Waals surface area contributed by atoms with Crippen LogP contribution in [-0.2, 0) is 33.8 Å². The lowest BCUT2D eigenvalue weighted by Gasteiger charge is -2.29. The van der Waals surface area contributed by atoms with Crippen molar-refractivity contribution in [1.82, 2.24) is 14.5 Å². The van der Waals surface area contributed by atoms with Gasteiger partial charge in [0.25, 0.3) is 0 Å². The molecular weight excluding hydrogens is 482 g/mol. The number of benzene rings is 2. The molecule has 8 heteroatoms. The molecule has 8 nitrogen and oxygen atoms in total. The highest BCUT2D eigenvalue weighted by Gasteiger charge is 2.30. The van der Waals surface area contributed by atoms with E-state index in [1.165, 1.54) is 5.56 Å². The predicted octanol–water partition coefficient (Wildman–Crippen LogP) is 4.89. The standard InChI is InChI=1S/C30H31N3O5/c1-30(2,29(35)36)20-37-19-27(34)32-16-14-24-25-9-6-15-31-28(25)33(26(24)18-32)17-21-10-12-23(13-11-21)38-22-7-4-3-5-8-22/h3-13,15H,14,16-20H2,1-2H3,(H,35,36). The molecule has 0 saturated carbocycles. The van der Waals surface area contributed by atoms with Gasteiger partial charge >= 0.3 is 5.97 Å². The molecule has 38 heavy (non-hydrogen) atoms. The van der Waals surface area contributed by atoms with Crippen LogP contribution >= 0.6 is 0 Å². The molecule has 1 aliphatic rings. The summed E-state index contributed by atoms with van der Waals surface area (Å²) in [5, 5.41) is 10.4. The molecule has 0 aliphatic carbocycles. The normalized spacial score (nSPS) is 13.4. The van der Waals surface area contributed by atoms with Crippen LogP contribution in [0.4, 0.5) is 0 Å². The monoisotopic (exact) mass is 513 g/mol. The highest BCUT2D eigenvalue weighted by atomic mass is 16.5. The maximum atomic E-state index is 13.0. The van der Waals surface area contributed by atoms with Crippen molar-refractivity contribution in [1.29, 1.82) is 0 Å². The average Bonchev–Trinajstić information content (AvgIpc) is 3.23. The minimum atomic E-state index is -1.05. The number of nitrogens with zero attached hydrogens (tertiary/aromatic N) is 3. The number of rotatable bonds is 9. The van der Waals surface area contributed by atoms with Gasteiger partial charge in [-0.05, 0) is 67.8 Å². The van der Waals surface area contributed by atoms with Crippen molar-refractivity contribution in [3.8, 4) is 11.5 Å². The lowest BCUT2D eigenvalue weighted by molar-refractivity contribution is -0.153. The van der Waals surface area contributed by atoms with E-state index in [-0.39, 0.29) is 19.1 Å². The van der Waals surface area contributed by atoms with Crippen LogP contribution in [0.15, 0.2) is 72.9 Å². The Bertz CT molecular complexity index is 1440. The van der Waals surface area contributed by atoms with E-state index >= 15 is 0 Å². The smallest absolute Gasteiger partial charge is 0.311 e. The van der Waals surface area contributed by atoms with Crippen LogP contribution in [0.5, 0.6) is 11.5 Å². The number of carbonyl (C=O) groups excluding carboxylic acids is 1. The van der Waals surface area contributed by atoms with Crippen LogP contribution in [0.3, 0.4) is 0 Å². The number of carboxylic acid groups (broad SMARTS) is 1. The number of amides is 1. The number of ether oxygens (including phenoxy) is 2. The Morgan fingerprint density at radius 3 is 2.47 bits per heavy atom. The van der Waals surface area contributed by atoms with Gasteiger partial charge in [0.05, 0.1) is 18.6 Å². The molecule has 0 saturated heterocycles. The first-order chi connectivity index (χ1) is 18.3. The summed E-state index contributed by atoms with van der Waals surface area (Å²) in [6.45, 7) is 4.63. The SMILES string of the molecule is CC(C)(COCC(=O)N1CCc2c(n(Cc3ccc(Oc4ccccc4)cc3)c3ncccc23)C1)C(=O)O. The minimum Gasteiger partial charge on any atom is -0.481 e. The Hall–Kier alpha value is -4.17. The number of aromatic nitrogens is 2. The second-order valence-electron chi connectivity index (χ2n) is 10.2.